The van der Waals surface area contributed by atoms with Crippen molar-refractivity contribution in [3.63, 3.8) is 0 Å². The molecular formula is C16H18N2O3S. The Bertz CT molecular complexity index is 711. The van der Waals surface area contributed by atoms with E-state index in [-0.39, 0.29) is 17.4 Å². The van der Waals surface area contributed by atoms with Gasteiger partial charge in [0.1, 0.15) is 11.5 Å². The summed E-state index contributed by atoms with van der Waals surface area (Å²) in [4.78, 5) is 14.1. The third-order valence-electron chi connectivity index (χ3n) is 3.75. The van der Waals surface area contributed by atoms with Crippen LogP contribution in [0.1, 0.15) is 22.6 Å². The molecule has 22 heavy (non-hydrogen) atoms. The quantitative estimate of drug-likeness (QED) is 0.862. The first-order valence-corrected chi connectivity index (χ1v) is 8.72. The lowest BCUT2D eigenvalue weighted by molar-refractivity contribution is -0.129. The number of aryl methyl sites for hydroxylation is 1. The number of hydrogen-bond acceptors (Lipinski definition) is 4. The van der Waals surface area contributed by atoms with Crippen LogP contribution in [0.3, 0.4) is 0 Å². The van der Waals surface area contributed by atoms with Gasteiger partial charge in [0.25, 0.3) is 0 Å². The van der Waals surface area contributed by atoms with E-state index in [1.165, 1.54) is 11.1 Å². The molecule has 1 aliphatic heterocycles. The molecule has 0 saturated heterocycles. The lowest BCUT2D eigenvalue weighted by Crippen LogP contribution is -2.38. The van der Waals surface area contributed by atoms with Crippen molar-refractivity contribution in [3.05, 3.63) is 52.9 Å². The maximum atomic E-state index is 12.3. The molecule has 0 spiro atoms. The van der Waals surface area contributed by atoms with E-state index in [0.717, 1.165) is 12.1 Å². The normalized spacial score (nSPS) is 15.4. The van der Waals surface area contributed by atoms with Gasteiger partial charge in [-0.1, -0.05) is 29.4 Å². The van der Waals surface area contributed by atoms with E-state index in [1.54, 1.807) is 11.0 Å². The van der Waals surface area contributed by atoms with Crippen LogP contribution < -0.4 is 0 Å². The number of benzene rings is 1. The topological polar surface area (TPSA) is 63.4 Å². The van der Waals surface area contributed by atoms with Crippen molar-refractivity contribution < 1.29 is 13.5 Å². The van der Waals surface area contributed by atoms with E-state index in [1.807, 2.05) is 25.1 Å². The van der Waals surface area contributed by atoms with Crippen LogP contribution in [0.4, 0.5) is 0 Å². The first-order chi connectivity index (χ1) is 10.6. The largest absolute Gasteiger partial charge is 0.360 e. The summed E-state index contributed by atoms with van der Waals surface area (Å²) in [5.74, 6) is 0.760. The van der Waals surface area contributed by atoms with Crippen molar-refractivity contribution in [2.24, 2.45) is 0 Å². The number of hydrogen-bond donors (Lipinski definition) is 0. The number of aromatic nitrogens is 1. The summed E-state index contributed by atoms with van der Waals surface area (Å²) >= 11 is 0. The lowest BCUT2D eigenvalue weighted by Gasteiger charge is -2.28. The second kappa shape index (κ2) is 6.44. The Kier molecular flexibility index (Phi) is 4.38. The van der Waals surface area contributed by atoms with Gasteiger partial charge in [0.05, 0.1) is 11.4 Å². The van der Waals surface area contributed by atoms with Gasteiger partial charge in [-0.15, -0.1) is 0 Å². The monoisotopic (exact) mass is 318 g/mol. The molecule has 0 N–H and O–H groups in total. The van der Waals surface area contributed by atoms with Crippen LogP contribution >= 0.6 is 0 Å². The summed E-state index contributed by atoms with van der Waals surface area (Å²) in [6.45, 7) is 3.11. The first kappa shape index (κ1) is 15.0. The molecule has 5 nitrogen and oxygen atoms in total. The highest BCUT2D eigenvalue weighted by molar-refractivity contribution is 7.84. The van der Waals surface area contributed by atoms with E-state index in [9.17, 15) is 9.00 Å². The minimum atomic E-state index is -1.27. The standard InChI is InChI=1S/C16H18N2O3S/c1-12-8-15(21-17-12)10-22(20)11-16(19)18-7-6-13-4-2-3-5-14(13)9-18/h2-5,8H,6-7,9-11H2,1H3. The molecule has 1 unspecified atom stereocenters. The van der Waals surface area contributed by atoms with E-state index >= 15 is 0 Å². The molecule has 0 radical (unpaired) electrons. The molecule has 1 aliphatic rings. The van der Waals surface area contributed by atoms with Crippen LogP contribution in [0.15, 0.2) is 34.9 Å². The Morgan fingerprint density at radius 3 is 2.86 bits per heavy atom. The molecule has 3 rings (SSSR count). The zero-order valence-corrected chi connectivity index (χ0v) is 13.3. The minimum Gasteiger partial charge on any atom is -0.360 e. The summed E-state index contributed by atoms with van der Waals surface area (Å²) in [5.41, 5.74) is 3.23. The maximum Gasteiger partial charge on any atom is 0.235 e. The van der Waals surface area contributed by atoms with Gasteiger partial charge in [0, 0.05) is 30.0 Å². The van der Waals surface area contributed by atoms with Crippen LogP contribution in [0.25, 0.3) is 0 Å². The van der Waals surface area contributed by atoms with Crippen LogP contribution in [-0.2, 0) is 34.3 Å². The summed E-state index contributed by atoms with van der Waals surface area (Å²) in [7, 11) is -1.27. The van der Waals surface area contributed by atoms with Crippen LogP contribution in [0.2, 0.25) is 0 Å². The predicted molar refractivity (Wildman–Crippen MR) is 83.5 cm³/mol. The van der Waals surface area contributed by atoms with Crippen molar-refractivity contribution in [3.8, 4) is 0 Å². The van der Waals surface area contributed by atoms with Gasteiger partial charge in [-0.3, -0.25) is 9.00 Å². The summed E-state index contributed by atoms with van der Waals surface area (Å²) in [6.07, 6.45) is 0.857. The molecule has 1 aromatic heterocycles. The van der Waals surface area contributed by atoms with Crippen molar-refractivity contribution >= 4 is 16.7 Å². The zero-order valence-electron chi connectivity index (χ0n) is 12.4. The Balaban J connectivity index is 1.57. The van der Waals surface area contributed by atoms with Gasteiger partial charge in [-0.25, -0.2) is 0 Å². The number of carbonyl (C=O) groups is 1. The smallest absolute Gasteiger partial charge is 0.235 e. The molecular weight excluding hydrogens is 300 g/mol. The fourth-order valence-electron chi connectivity index (χ4n) is 2.63. The first-order valence-electron chi connectivity index (χ1n) is 7.23. The molecule has 0 aliphatic carbocycles. The highest BCUT2D eigenvalue weighted by Crippen LogP contribution is 2.18. The van der Waals surface area contributed by atoms with E-state index in [2.05, 4.69) is 11.2 Å². The van der Waals surface area contributed by atoms with Crippen molar-refractivity contribution in [1.29, 1.82) is 0 Å². The Morgan fingerprint density at radius 1 is 1.36 bits per heavy atom. The van der Waals surface area contributed by atoms with Gasteiger partial charge in [-0.05, 0) is 24.5 Å². The molecule has 0 fully saturated rings. The predicted octanol–water partition coefficient (Wildman–Crippen LogP) is 1.82. The fraction of sp³-hybridized carbons (Fsp3) is 0.375. The molecule has 0 bridgehead atoms. The van der Waals surface area contributed by atoms with E-state index < -0.39 is 10.8 Å². The molecule has 2 heterocycles. The van der Waals surface area contributed by atoms with Crippen LogP contribution in [0, 0.1) is 6.92 Å². The SMILES string of the molecule is Cc1cc(CS(=O)CC(=O)N2CCc3ccccc3C2)on1. The number of amides is 1. The third kappa shape index (κ3) is 3.44. The van der Waals surface area contributed by atoms with Crippen molar-refractivity contribution in [1.82, 2.24) is 10.1 Å². The Labute approximate surface area is 131 Å². The average molecular weight is 318 g/mol. The molecule has 0 saturated carbocycles. The van der Waals surface area contributed by atoms with Crippen LogP contribution in [-0.4, -0.2) is 32.5 Å². The van der Waals surface area contributed by atoms with Crippen LogP contribution in [0.5, 0.6) is 0 Å². The maximum absolute atomic E-state index is 12.3. The van der Waals surface area contributed by atoms with Gasteiger partial charge in [0.2, 0.25) is 5.91 Å². The summed E-state index contributed by atoms with van der Waals surface area (Å²) in [5, 5.41) is 3.76. The molecule has 6 heteroatoms. The minimum absolute atomic E-state index is 0.0297. The number of rotatable bonds is 4. The molecule has 1 atom stereocenters. The summed E-state index contributed by atoms with van der Waals surface area (Å²) in [6, 6.07) is 9.89. The number of carbonyl (C=O) groups excluding carboxylic acids is 1. The highest BCUT2D eigenvalue weighted by Gasteiger charge is 2.22. The molecule has 1 amide bonds. The van der Waals surface area contributed by atoms with Gasteiger partial charge in [-0.2, -0.15) is 0 Å². The number of fused-ring (bicyclic) bond motifs is 1. The second-order valence-corrected chi connectivity index (χ2v) is 6.95. The Hall–Kier alpha value is -1.95. The zero-order chi connectivity index (χ0) is 15.5. The summed E-state index contributed by atoms with van der Waals surface area (Å²) < 4.78 is 17.1. The van der Waals surface area contributed by atoms with E-state index in [0.29, 0.717) is 18.8 Å². The third-order valence-corrected chi connectivity index (χ3v) is 4.92. The van der Waals surface area contributed by atoms with E-state index in [4.69, 9.17) is 4.52 Å². The average Bonchev–Trinajstić information content (AvgIpc) is 2.91. The number of nitrogens with zero attached hydrogens (tertiary/aromatic N) is 2. The molecule has 2 aromatic rings. The Morgan fingerprint density at radius 2 is 2.14 bits per heavy atom. The highest BCUT2D eigenvalue weighted by atomic mass is 32.2. The van der Waals surface area contributed by atoms with Crippen molar-refractivity contribution in [2.75, 3.05) is 12.3 Å². The lowest BCUT2D eigenvalue weighted by atomic mass is 10.00. The fourth-order valence-corrected chi connectivity index (χ4v) is 3.65. The van der Waals surface area contributed by atoms with Gasteiger partial charge in [0.15, 0.2) is 0 Å². The molecule has 1 aromatic carbocycles. The van der Waals surface area contributed by atoms with Gasteiger partial charge >= 0.3 is 0 Å². The van der Waals surface area contributed by atoms with Gasteiger partial charge < -0.3 is 9.42 Å². The van der Waals surface area contributed by atoms with Crippen molar-refractivity contribution in [2.45, 2.75) is 25.6 Å². The second-order valence-electron chi connectivity index (χ2n) is 5.50. The molecule has 116 valence electrons.